The van der Waals surface area contributed by atoms with Gasteiger partial charge in [0.2, 0.25) is 0 Å². The van der Waals surface area contributed by atoms with E-state index in [2.05, 4.69) is 4.72 Å². The van der Waals surface area contributed by atoms with Crippen molar-refractivity contribution in [2.75, 3.05) is 4.72 Å². The van der Waals surface area contributed by atoms with Gasteiger partial charge >= 0.3 is 12.1 Å². The van der Waals surface area contributed by atoms with Gasteiger partial charge in [0.1, 0.15) is 5.75 Å². The van der Waals surface area contributed by atoms with E-state index in [1.807, 2.05) is 0 Å². The topological polar surface area (TPSA) is 139 Å². The zero-order chi connectivity index (χ0) is 21.8. The summed E-state index contributed by atoms with van der Waals surface area (Å²) >= 11 is 0. The first-order valence-electron chi connectivity index (χ1n) is 8.38. The molecule has 0 aromatic heterocycles. The van der Waals surface area contributed by atoms with Crippen LogP contribution in [0.1, 0.15) is 31.1 Å². The molecule has 2 amide bonds. The number of sulfonamides is 1. The van der Waals surface area contributed by atoms with Crippen molar-refractivity contribution in [3.05, 3.63) is 54.1 Å². The van der Waals surface area contributed by atoms with Crippen LogP contribution < -0.4 is 14.8 Å². The standard InChI is InChI=1S/C19H20N2O7S/c1-19(2,3)17(23)28-12-8-10-13(11-9-12)29(26,27)21-15-7-5-4-6-14(15)16(22)20-18(24)25/h4-11,21H,1-3H3,(H,20,22)(H,24,25). The number of benzene rings is 2. The summed E-state index contributed by atoms with van der Waals surface area (Å²) < 4.78 is 32.7. The van der Waals surface area contributed by atoms with Crippen LogP contribution in [0.3, 0.4) is 0 Å². The van der Waals surface area contributed by atoms with E-state index in [-0.39, 0.29) is 21.9 Å². The second-order valence-corrected chi connectivity index (χ2v) is 8.70. The fourth-order valence-corrected chi connectivity index (χ4v) is 3.16. The van der Waals surface area contributed by atoms with E-state index in [1.54, 1.807) is 26.1 Å². The Morgan fingerprint density at radius 2 is 1.55 bits per heavy atom. The quantitative estimate of drug-likeness (QED) is 0.499. The Kier molecular flexibility index (Phi) is 6.28. The molecule has 3 N–H and O–H groups in total. The highest BCUT2D eigenvalue weighted by Crippen LogP contribution is 2.23. The number of carboxylic acid groups (broad SMARTS) is 1. The van der Waals surface area contributed by atoms with E-state index in [0.29, 0.717) is 0 Å². The third kappa shape index (κ3) is 5.79. The number of amides is 2. The van der Waals surface area contributed by atoms with Gasteiger partial charge in [-0.15, -0.1) is 0 Å². The molecular weight excluding hydrogens is 400 g/mol. The van der Waals surface area contributed by atoms with Crippen LogP contribution in [-0.2, 0) is 14.8 Å². The van der Waals surface area contributed by atoms with Crippen molar-refractivity contribution >= 4 is 33.7 Å². The predicted molar refractivity (Wildman–Crippen MR) is 104 cm³/mol. The lowest BCUT2D eigenvalue weighted by Gasteiger charge is -2.16. The van der Waals surface area contributed by atoms with E-state index in [0.717, 1.165) is 0 Å². The molecule has 0 fully saturated rings. The van der Waals surface area contributed by atoms with E-state index in [1.165, 1.54) is 48.5 Å². The molecule has 2 aromatic carbocycles. The van der Waals surface area contributed by atoms with Crippen molar-refractivity contribution in [3.63, 3.8) is 0 Å². The number of rotatable bonds is 5. The molecular formula is C19H20N2O7S. The number of hydrogen-bond donors (Lipinski definition) is 3. The lowest BCUT2D eigenvalue weighted by molar-refractivity contribution is -0.143. The number of ether oxygens (including phenoxy) is 1. The van der Waals surface area contributed by atoms with E-state index in [4.69, 9.17) is 9.84 Å². The van der Waals surface area contributed by atoms with Crippen LogP contribution in [0.4, 0.5) is 10.5 Å². The molecule has 0 aliphatic heterocycles. The number of nitrogens with one attached hydrogen (secondary N) is 2. The summed E-state index contributed by atoms with van der Waals surface area (Å²) in [5.41, 5.74) is -0.962. The van der Waals surface area contributed by atoms with Gasteiger partial charge < -0.3 is 9.84 Å². The van der Waals surface area contributed by atoms with Crippen molar-refractivity contribution < 1.29 is 32.6 Å². The van der Waals surface area contributed by atoms with Crippen molar-refractivity contribution in [2.45, 2.75) is 25.7 Å². The molecule has 0 aliphatic rings. The minimum atomic E-state index is -4.09. The van der Waals surface area contributed by atoms with Gasteiger partial charge in [-0.1, -0.05) is 12.1 Å². The summed E-state index contributed by atoms with van der Waals surface area (Å²) in [5, 5.41) is 10.3. The van der Waals surface area contributed by atoms with Crippen molar-refractivity contribution in [1.29, 1.82) is 0 Å². The molecule has 154 valence electrons. The molecule has 0 saturated heterocycles. The number of esters is 1. The van der Waals surface area contributed by atoms with Gasteiger partial charge in [0.25, 0.3) is 15.9 Å². The van der Waals surface area contributed by atoms with Gasteiger partial charge in [-0.25, -0.2) is 13.2 Å². The van der Waals surface area contributed by atoms with E-state index >= 15 is 0 Å². The Bertz CT molecular complexity index is 1040. The molecule has 29 heavy (non-hydrogen) atoms. The number of para-hydroxylation sites is 1. The SMILES string of the molecule is CC(C)(C)C(=O)Oc1ccc(S(=O)(=O)Nc2ccccc2C(=O)NC(=O)O)cc1. The molecule has 0 bridgehead atoms. The summed E-state index contributed by atoms with van der Waals surface area (Å²) in [5.74, 6) is -1.25. The summed E-state index contributed by atoms with van der Waals surface area (Å²) in [6, 6.07) is 10.7. The Balaban J connectivity index is 2.24. The Morgan fingerprint density at radius 1 is 0.966 bits per heavy atom. The highest BCUT2D eigenvalue weighted by molar-refractivity contribution is 7.92. The van der Waals surface area contributed by atoms with E-state index in [9.17, 15) is 22.8 Å². The molecule has 0 atom stereocenters. The minimum Gasteiger partial charge on any atom is -0.465 e. The van der Waals surface area contributed by atoms with Crippen LogP contribution in [-0.4, -0.2) is 31.5 Å². The van der Waals surface area contributed by atoms with Crippen LogP contribution in [0, 0.1) is 5.41 Å². The molecule has 0 radical (unpaired) electrons. The average molecular weight is 420 g/mol. The first-order valence-corrected chi connectivity index (χ1v) is 9.87. The smallest absolute Gasteiger partial charge is 0.411 e. The second-order valence-electron chi connectivity index (χ2n) is 7.02. The van der Waals surface area contributed by atoms with Crippen LogP contribution in [0.5, 0.6) is 5.75 Å². The Hall–Kier alpha value is -3.40. The molecule has 10 heteroatoms. The molecule has 2 rings (SSSR count). The second kappa shape index (κ2) is 8.31. The average Bonchev–Trinajstić information content (AvgIpc) is 2.61. The zero-order valence-electron chi connectivity index (χ0n) is 15.9. The molecule has 2 aromatic rings. The van der Waals surface area contributed by atoms with Gasteiger partial charge in [0.05, 0.1) is 21.6 Å². The number of hydrogen-bond acceptors (Lipinski definition) is 6. The monoisotopic (exact) mass is 420 g/mol. The minimum absolute atomic E-state index is 0.0884. The number of carbonyl (C=O) groups excluding carboxylic acids is 2. The lowest BCUT2D eigenvalue weighted by atomic mass is 9.97. The molecule has 0 heterocycles. The third-order valence-electron chi connectivity index (χ3n) is 3.59. The highest BCUT2D eigenvalue weighted by atomic mass is 32.2. The van der Waals surface area contributed by atoms with Gasteiger partial charge in [0.15, 0.2) is 0 Å². The summed E-state index contributed by atoms with van der Waals surface area (Å²) in [6.07, 6.45) is -1.56. The summed E-state index contributed by atoms with van der Waals surface area (Å²) in [7, 11) is -4.09. The maximum Gasteiger partial charge on any atom is 0.411 e. The summed E-state index contributed by atoms with van der Waals surface area (Å²) in [6.45, 7) is 5.07. The fourth-order valence-electron chi connectivity index (χ4n) is 2.09. The Labute approximate surface area is 167 Å². The lowest BCUT2D eigenvalue weighted by Crippen LogP contribution is -2.29. The van der Waals surface area contributed by atoms with Gasteiger partial charge in [-0.05, 0) is 57.2 Å². The van der Waals surface area contributed by atoms with Crippen LogP contribution >= 0.6 is 0 Å². The van der Waals surface area contributed by atoms with Crippen LogP contribution in [0.25, 0.3) is 0 Å². The van der Waals surface area contributed by atoms with Crippen LogP contribution in [0.15, 0.2) is 53.4 Å². The molecule has 0 unspecified atom stereocenters. The fraction of sp³-hybridized carbons (Fsp3) is 0.211. The molecule has 0 aliphatic carbocycles. The van der Waals surface area contributed by atoms with Crippen LogP contribution in [0.2, 0.25) is 0 Å². The van der Waals surface area contributed by atoms with Crippen molar-refractivity contribution in [3.8, 4) is 5.75 Å². The first-order chi connectivity index (χ1) is 13.4. The van der Waals surface area contributed by atoms with Crippen molar-refractivity contribution in [1.82, 2.24) is 5.32 Å². The molecule has 9 nitrogen and oxygen atoms in total. The van der Waals surface area contributed by atoms with Gasteiger partial charge in [0, 0.05) is 0 Å². The predicted octanol–water partition coefficient (Wildman–Crippen LogP) is 2.85. The number of anilines is 1. The largest absolute Gasteiger partial charge is 0.465 e. The number of imide groups is 1. The van der Waals surface area contributed by atoms with E-state index < -0.39 is 33.4 Å². The molecule has 0 spiro atoms. The zero-order valence-corrected chi connectivity index (χ0v) is 16.7. The third-order valence-corrected chi connectivity index (χ3v) is 4.97. The molecule has 0 saturated carbocycles. The number of carbonyl (C=O) groups is 3. The first kappa shape index (κ1) is 21.9. The van der Waals surface area contributed by atoms with Gasteiger partial charge in [-0.3, -0.25) is 19.6 Å². The highest BCUT2D eigenvalue weighted by Gasteiger charge is 2.24. The normalized spacial score (nSPS) is 11.4. The summed E-state index contributed by atoms with van der Waals surface area (Å²) in [4.78, 5) is 34.4. The Morgan fingerprint density at radius 3 is 2.10 bits per heavy atom. The maximum atomic E-state index is 12.6. The van der Waals surface area contributed by atoms with Gasteiger partial charge in [-0.2, -0.15) is 0 Å². The van der Waals surface area contributed by atoms with Crippen molar-refractivity contribution in [2.24, 2.45) is 5.41 Å². The maximum absolute atomic E-state index is 12.6.